The molecule has 1 saturated carbocycles. The summed E-state index contributed by atoms with van der Waals surface area (Å²) in [4.78, 5) is 12.7. The number of benzene rings is 1. The highest BCUT2D eigenvalue weighted by molar-refractivity contribution is 5.85. The van der Waals surface area contributed by atoms with E-state index >= 15 is 0 Å². The van der Waals surface area contributed by atoms with Crippen LogP contribution < -0.4 is 10.6 Å². The molecule has 1 aliphatic heterocycles. The minimum atomic E-state index is -0.186. The van der Waals surface area contributed by atoms with Crippen LogP contribution in [0.5, 0.6) is 0 Å². The van der Waals surface area contributed by atoms with E-state index in [-0.39, 0.29) is 30.0 Å². The SMILES string of the molecule is CC1NCc2ccccc2C1C(=O)NC1CCC(O)CC1. The lowest BCUT2D eigenvalue weighted by Crippen LogP contribution is -2.48. The largest absolute Gasteiger partial charge is 0.393 e. The van der Waals surface area contributed by atoms with Crippen molar-refractivity contribution in [2.75, 3.05) is 0 Å². The number of aliphatic hydroxyl groups is 1. The Hall–Kier alpha value is -1.39. The molecule has 2 aliphatic rings. The number of hydrogen-bond donors (Lipinski definition) is 3. The fraction of sp³-hybridized carbons (Fsp3) is 0.588. The molecular weight excluding hydrogens is 264 g/mol. The summed E-state index contributed by atoms with van der Waals surface area (Å²) >= 11 is 0. The van der Waals surface area contributed by atoms with Gasteiger partial charge in [0.2, 0.25) is 5.91 Å². The molecule has 1 fully saturated rings. The quantitative estimate of drug-likeness (QED) is 0.776. The first-order valence-corrected chi connectivity index (χ1v) is 7.95. The topological polar surface area (TPSA) is 61.4 Å². The van der Waals surface area contributed by atoms with E-state index in [2.05, 4.69) is 29.7 Å². The van der Waals surface area contributed by atoms with Crippen molar-refractivity contribution in [3.8, 4) is 0 Å². The van der Waals surface area contributed by atoms with E-state index in [9.17, 15) is 9.90 Å². The Morgan fingerprint density at radius 1 is 1.24 bits per heavy atom. The molecule has 3 N–H and O–H groups in total. The Labute approximate surface area is 125 Å². The predicted molar refractivity (Wildman–Crippen MR) is 81.9 cm³/mol. The lowest BCUT2D eigenvalue weighted by atomic mass is 9.84. The maximum Gasteiger partial charge on any atom is 0.229 e. The second-order valence-corrected chi connectivity index (χ2v) is 6.36. The molecule has 0 bridgehead atoms. The van der Waals surface area contributed by atoms with Gasteiger partial charge in [0.25, 0.3) is 0 Å². The lowest BCUT2D eigenvalue weighted by molar-refractivity contribution is -0.124. The third-order valence-electron chi connectivity index (χ3n) is 4.83. The van der Waals surface area contributed by atoms with E-state index in [0.717, 1.165) is 37.8 Å². The summed E-state index contributed by atoms with van der Waals surface area (Å²) in [6.07, 6.45) is 3.15. The van der Waals surface area contributed by atoms with Gasteiger partial charge in [-0.05, 0) is 43.7 Å². The van der Waals surface area contributed by atoms with Gasteiger partial charge in [0, 0.05) is 18.6 Å². The van der Waals surface area contributed by atoms with Gasteiger partial charge in [-0.25, -0.2) is 0 Å². The van der Waals surface area contributed by atoms with Gasteiger partial charge in [0.1, 0.15) is 0 Å². The molecule has 0 radical (unpaired) electrons. The van der Waals surface area contributed by atoms with E-state index in [1.54, 1.807) is 0 Å². The van der Waals surface area contributed by atoms with Crippen LogP contribution in [0.25, 0.3) is 0 Å². The van der Waals surface area contributed by atoms with Crippen molar-refractivity contribution in [1.82, 2.24) is 10.6 Å². The van der Waals surface area contributed by atoms with Crippen LogP contribution >= 0.6 is 0 Å². The molecular formula is C17H24N2O2. The molecule has 4 nitrogen and oxygen atoms in total. The number of rotatable bonds is 2. The molecule has 1 amide bonds. The van der Waals surface area contributed by atoms with Gasteiger partial charge in [-0.3, -0.25) is 4.79 Å². The summed E-state index contributed by atoms with van der Waals surface area (Å²) in [6.45, 7) is 2.90. The zero-order valence-electron chi connectivity index (χ0n) is 12.5. The Kier molecular flexibility index (Phi) is 4.27. The fourth-order valence-corrected chi connectivity index (χ4v) is 3.54. The molecule has 3 rings (SSSR count). The number of aliphatic hydroxyl groups excluding tert-OH is 1. The molecule has 1 aliphatic carbocycles. The zero-order chi connectivity index (χ0) is 14.8. The molecule has 2 unspecified atom stereocenters. The second-order valence-electron chi connectivity index (χ2n) is 6.36. The molecule has 2 atom stereocenters. The predicted octanol–water partition coefficient (Wildman–Crippen LogP) is 1.68. The van der Waals surface area contributed by atoms with Gasteiger partial charge >= 0.3 is 0 Å². The molecule has 1 heterocycles. The lowest BCUT2D eigenvalue weighted by Gasteiger charge is -2.34. The Morgan fingerprint density at radius 2 is 1.95 bits per heavy atom. The first-order valence-electron chi connectivity index (χ1n) is 7.95. The summed E-state index contributed by atoms with van der Waals surface area (Å²) in [5.74, 6) is -0.00894. The van der Waals surface area contributed by atoms with Crippen molar-refractivity contribution in [3.63, 3.8) is 0 Å². The van der Waals surface area contributed by atoms with Crippen molar-refractivity contribution >= 4 is 5.91 Å². The van der Waals surface area contributed by atoms with Gasteiger partial charge in [0.15, 0.2) is 0 Å². The maximum atomic E-state index is 12.7. The standard InChI is InChI=1S/C17H24N2O2/c1-11-16(15-5-3-2-4-12(15)10-18-11)17(21)19-13-6-8-14(20)9-7-13/h2-5,11,13-14,16,18,20H,6-10H2,1H3,(H,19,21). The average Bonchev–Trinajstić information content (AvgIpc) is 2.49. The van der Waals surface area contributed by atoms with Crippen molar-refractivity contribution in [2.45, 2.75) is 63.3 Å². The van der Waals surface area contributed by atoms with Crippen LogP contribution in [0, 0.1) is 0 Å². The Bertz CT molecular complexity index is 509. The van der Waals surface area contributed by atoms with Gasteiger partial charge in [-0.1, -0.05) is 24.3 Å². The summed E-state index contributed by atoms with van der Waals surface area (Å²) in [7, 11) is 0. The van der Waals surface area contributed by atoms with Gasteiger partial charge < -0.3 is 15.7 Å². The molecule has 0 saturated heterocycles. The van der Waals surface area contributed by atoms with Gasteiger partial charge in [0.05, 0.1) is 12.0 Å². The normalized spacial score (nSPS) is 32.3. The summed E-state index contributed by atoms with van der Waals surface area (Å²) in [5.41, 5.74) is 2.37. The highest BCUT2D eigenvalue weighted by Gasteiger charge is 2.33. The number of nitrogens with one attached hydrogen (secondary N) is 2. The minimum absolute atomic E-state index is 0.114. The first-order chi connectivity index (χ1) is 10.1. The first kappa shape index (κ1) is 14.5. The second kappa shape index (κ2) is 6.16. The summed E-state index contributed by atoms with van der Waals surface area (Å²) < 4.78 is 0. The third kappa shape index (κ3) is 3.11. The van der Waals surface area contributed by atoms with E-state index in [4.69, 9.17) is 0 Å². The van der Waals surface area contributed by atoms with E-state index in [0.29, 0.717) is 0 Å². The molecule has 1 aromatic carbocycles. The van der Waals surface area contributed by atoms with E-state index in [1.807, 2.05) is 12.1 Å². The highest BCUT2D eigenvalue weighted by Crippen LogP contribution is 2.29. The van der Waals surface area contributed by atoms with Crippen LogP contribution in [0.1, 0.15) is 49.7 Å². The highest BCUT2D eigenvalue weighted by atomic mass is 16.3. The van der Waals surface area contributed by atoms with Crippen molar-refractivity contribution in [2.24, 2.45) is 0 Å². The number of hydrogen-bond acceptors (Lipinski definition) is 3. The van der Waals surface area contributed by atoms with E-state index < -0.39 is 0 Å². The third-order valence-corrected chi connectivity index (χ3v) is 4.83. The number of carbonyl (C=O) groups is 1. The van der Waals surface area contributed by atoms with Crippen LogP contribution in [-0.2, 0) is 11.3 Å². The van der Waals surface area contributed by atoms with Crippen LogP contribution in [-0.4, -0.2) is 29.2 Å². The van der Waals surface area contributed by atoms with Crippen molar-refractivity contribution in [1.29, 1.82) is 0 Å². The average molecular weight is 288 g/mol. The van der Waals surface area contributed by atoms with Crippen molar-refractivity contribution < 1.29 is 9.90 Å². The van der Waals surface area contributed by atoms with Crippen molar-refractivity contribution in [3.05, 3.63) is 35.4 Å². The molecule has 21 heavy (non-hydrogen) atoms. The van der Waals surface area contributed by atoms with Crippen LogP contribution in [0.3, 0.4) is 0 Å². The Balaban J connectivity index is 1.72. The number of carbonyl (C=O) groups excluding carboxylic acids is 1. The molecule has 114 valence electrons. The summed E-state index contributed by atoms with van der Waals surface area (Å²) in [5, 5.41) is 16.2. The van der Waals surface area contributed by atoms with E-state index in [1.165, 1.54) is 5.56 Å². The monoisotopic (exact) mass is 288 g/mol. The van der Waals surface area contributed by atoms with Gasteiger partial charge in [-0.2, -0.15) is 0 Å². The van der Waals surface area contributed by atoms with Crippen LogP contribution in [0.2, 0.25) is 0 Å². The maximum absolute atomic E-state index is 12.7. The summed E-state index contributed by atoms with van der Waals surface area (Å²) in [6, 6.07) is 8.55. The molecule has 4 heteroatoms. The van der Waals surface area contributed by atoms with Crippen LogP contribution in [0.4, 0.5) is 0 Å². The van der Waals surface area contributed by atoms with Gasteiger partial charge in [-0.15, -0.1) is 0 Å². The Morgan fingerprint density at radius 3 is 2.71 bits per heavy atom. The molecule has 0 aromatic heterocycles. The fourth-order valence-electron chi connectivity index (χ4n) is 3.54. The zero-order valence-corrected chi connectivity index (χ0v) is 12.5. The van der Waals surface area contributed by atoms with Crippen LogP contribution in [0.15, 0.2) is 24.3 Å². The number of amides is 1. The number of fused-ring (bicyclic) bond motifs is 1. The molecule has 0 spiro atoms. The minimum Gasteiger partial charge on any atom is -0.393 e. The smallest absolute Gasteiger partial charge is 0.229 e. The molecule has 1 aromatic rings.